The minimum atomic E-state index is -0.701. The quantitative estimate of drug-likeness (QED) is 0.715. The predicted molar refractivity (Wildman–Crippen MR) is 96.3 cm³/mol. The van der Waals surface area contributed by atoms with Gasteiger partial charge in [0.1, 0.15) is 5.76 Å². The summed E-state index contributed by atoms with van der Waals surface area (Å²) in [5.41, 5.74) is 1.77. The Morgan fingerprint density at radius 3 is 2.65 bits per heavy atom. The molecule has 0 aliphatic rings. The Labute approximate surface area is 149 Å². The van der Waals surface area contributed by atoms with Gasteiger partial charge in [-0.2, -0.15) is 0 Å². The number of aromatic nitrogens is 3. The van der Waals surface area contributed by atoms with Gasteiger partial charge in [-0.3, -0.25) is 14.4 Å². The van der Waals surface area contributed by atoms with Crippen LogP contribution in [-0.4, -0.2) is 32.6 Å². The van der Waals surface area contributed by atoms with E-state index in [2.05, 4.69) is 10.1 Å². The number of amides is 1. The van der Waals surface area contributed by atoms with Crippen molar-refractivity contribution in [3.63, 3.8) is 0 Å². The van der Waals surface area contributed by atoms with Crippen LogP contribution in [0.3, 0.4) is 0 Å². The molecule has 3 aromatic rings. The number of nitrogens with one attached hydrogen (secondary N) is 1. The van der Waals surface area contributed by atoms with E-state index in [0.717, 1.165) is 11.3 Å². The fourth-order valence-corrected chi connectivity index (χ4v) is 2.98. The zero-order chi connectivity index (χ0) is 19.0. The van der Waals surface area contributed by atoms with Gasteiger partial charge in [-0.05, 0) is 39.0 Å². The van der Waals surface area contributed by atoms with Crippen molar-refractivity contribution in [2.75, 3.05) is 7.05 Å². The number of aryl methyl sites for hydroxylation is 3. The van der Waals surface area contributed by atoms with Crippen LogP contribution in [0.15, 0.2) is 32.3 Å². The van der Waals surface area contributed by atoms with Crippen LogP contribution >= 0.6 is 0 Å². The Balaban J connectivity index is 1.97. The number of nitrogens with zero attached hydrogens (tertiary/aromatic N) is 3. The molecule has 26 heavy (non-hydrogen) atoms. The molecule has 0 saturated carbocycles. The van der Waals surface area contributed by atoms with Crippen molar-refractivity contribution in [2.45, 2.75) is 33.9 Å². The fraction of sp³-hybridized carbons (Fsp3) is 0.333. The molecule has 0 saturated heterocycles. The molecule has 1 N–H and O–H groups in total. The molecule has 136 valence electrons. The van der Waals surface area contributed by atoms with Gasteiger partial charge in [-0.15, -0.1) is 0 Å². The lowest BCUT2D eigenvalue weighted by atomic mass is 10.1. The number of benzene rings is 1. The molecule has 0 unspecified atom stereocenters. The molecule has 0 bridgehead atoms. The van der Waals surface area contributed by atoms with Gasteiger partial charge in [-0.1, -0.05) is 5.16 Å². The molecule has 0 spiro atoms. The van der Waals surface area contributed by atoms with Gasteiger partial charge in [-0.25, -0.2) is 0 Å². The molecule has 1 aromatic carbocycles. The molecule has 2 heterocycles. The summed E-state index contributed by atoms with van der Waals surface area (Å²) in [6.07, 6.45) is 0. The predicted octanol–water partition coefficient (Wildman–Crippen LogP) is 1.59. The number of carbonyl (C=O) groups is 1. The molecule has 2 aromatic heterocycles. The van der Waals surface area contributed by atoms with E-state index in [1.165, 1.54) is 4.57 Å². The third kappa shape index (κ3) is 2.94. The van der Waals surface area contributed by atoms with Crippen molar-refractivity contribution in [3.8, 4) is 0 Å². The van der Waals surface area contributed by atoms with E-state index in [9.17, 15) is 14.4 Å². The Morgan fingerprint density at radius 1 is 1.31 bits per heavy atom. The Morgan fingerprint density at radius 2 is 2.04 bits per heavy atom. The zero-order valence-electron chi connectivity index (χ0n) is 15.1. The highest BCUT2D eigenvalue weighted by molar-refractivity contribution is 5.97. The van der Waals surface area contributed by atoms with Crippen LogP contribution in [0.4, 0.5) is 0 Å². The number of carbonyl (C=O) groups excluding carboxylic acids is 1. The van der Waals surface area contributed by atoms with Crippen molar-refractivity contribution in [1.82, 2.24) is 19.6 Å². The van der Waals surface area contributed by atoms with Crippen molar-refractivity contribution < 1.29 is 9.32 Å². The molecule has 0 aliphatic heterocycles. The lowest BCUT2D eigenvalue weighted by molar-refractivity contribution is 0.0784. The summed E-state index contributed by atoms with van der Waals surface area (Å²) in [6.45, 7) is 6.16. The van der Waals surface area contributed by atoms with E-state index in [1.807, 2.05) is 6.92 Å². The molecule has 0 radical (unpaired) electrons. The number of H-pyrrole nitrogens is 1. The second kappa shape index (κ2) is 6.62. The first-order valence-electron chi connectivity index (χ1n) is 8.27. The lowest BCUT2D eigenvalue weighted by Crippen LogP contribution is -2.36. The van der Waals surface area contributed by atoms with E-state index >= 15 is 0 Å². The summed E-state index contributed by atoms with van der Waals surface area (Å²) in [7, 11) is 1.69. The average Bonchev–Trinajstić information content (AvgIpc) is 2.93. The summed E-state index contributed by atoms with van der Waals surface area (Å²) < 4.78 is 6.51. The average molecular weight is 356 g/mol. The van der Waals surface area contributed by atoms with Crippen molar-refractivity contribution in [3.05, 3.63) is 61.5 Å². The van der Waals surface area contributed by atoms with E-state index in [4.69, 9.17) is 4.52 Å². The van der Waals surface area contributed by atoms with E-state index in [0.29, 0.717) is 35.4 Å². The second-order valence-corrected chi connectivity index (χ2v) is 6.20. The molecular weight excluding hydrogens is 336 g/mol. The van der Waals surface area contributed by atoms with Gasteiger partial charge < -0.3 is 19.0 Å². The number of hydrogen-bond acceptors (Lipinski definition) is 5. The highest BCUT2D eigenvalue weighted by Gasteiger charge is 2.18. The molecule has 8 heteroatoms. The highest BCUT2D eigenvalue weighted by Crippen LogP contribution is 2.17. The summed E-state index contributed by atoms with van der Waals surface area (Å²) in [5.74, 6) is 0.471. The molecular formula is C18H20N4O4. The second-order valence-electron chi connectivity index (χ2n) is 6.20. The molecule has 0 atom stereocenters. The van der Waals surface area contributed by atoms with Crippen molar-refractivity contribution >= 4 is 16.9 Å². The van der Waals surface area contributed by atoms with Crippen LogP contribution in [0, 0.1) is 13.8 Å². The van der Waals surface area contributed by atoms with Crippen molar-refractivity contribution in [2.24, 2.45) is 0 Å². The first-order valence-corrected chi connectivity index (χ1v) is 8.27. The van der Waals surface area contributed by atoms with Gasteiger partial charge in [0.15, 0.2) is 0 Å². The molecule has 1 amide bonds. The zero-order valence-corrected chi connectivity index (χ0v) is 15.1. The first kappa shape index (κ1) is 17.7. The van der Waals surface area contributed by atoms with Gasteiger partial charge in [0, 0.05) is 24.7 Å². The number of hydrogen-bond donors (Lipinski definition) is 1. The SMILES string of the molecule is CCn1c(=O)c(=O)[nH]c2cc(C(=O)N(C)Cc3c(C)noc3C)ccc21. The number of aromatic amines is 1. The summed E-state index contributed by atoms with van der Waals surface area (Å²) in [5, 5.41) is 3.89. The number of rotatable bonds is 4. The van der Waals surface area contributed by atoms with E-state index in [1.54, 1.807) is 44.0 Å². The number of fused-ring (bicyclic) bond motifs is 1. The maximum absolute atomic E-state index is 12.8. The standard InChI is InChI=1S/C18H20N4O4/c1-5-22-15-7-6-12(8-14(15)19-16(23)18(22)25)17(24)21(4)9-13-10(2)20-26-11(13)3/h6-8H,5,9H2,1-4H3,(H,19,23). The summed E-state index contributed by atoms with van der Waals surface area (Å²) in [4.78, 5) is 40.6. The lowest BCUT2D eigenvalue weighted by Gasteiger charge is -2.17. The third-order valence-electron chi connectivity index (χ3n) is 4.46. The first-order chi connectivity index (χ1) is 12.3. The van der Waals surface area contributed by atoms with Crippen LogP contribution < -0.4 is 11.1 Å². The van der Waals surface area contributed by atoms with Gasteiger partial charge in [0.2, 0.25) is 0 Å². The normalized spacial score (nSPS) is 11.1. The van der Waals surface area contributed by atoms with Crippen LogP contribution in [-0.2, 0) is 13.1 Å². The largest absolute Gasteiger partial charge is 0.361 e. The fourth-order valence-electron chi connectivity index (χ4n) is 2.98. The van der Waals surface area contributed by atoms with E-state index in [-0.39, 0.29) is 5.91 Å². The maximum Gasteiger partial charge on any atom is 0.316 e. The summed E-state index contributed by atoms with van der Waals surface area (Å²) in [6, 6.07) is 4.92. The minimum Gasteiger partial charge on any atom is -0.361 e. The van der Waals surface area contributed by atoms with Gasteiger partial charge in [0.05, 0.1) is 23.3 Å². The Kier molecular flexibility index (Phi) is 4.50. The monoisotopic (exact) mass is 356 g/mol. The van der Waals surface area contributed by atoms with Gasteiger partial charge >= 0.3 is 11.1 Å². The summed E-state index contributed by atoms with van der Waals surface area (Å²) >= 11 is 0. The van der Waals surface area contributed by atoms with Crippen LogP contribution in [0.25, 0.3) is 11.0 Å². The van der Waals surface area contributed by atoms with Gasteiger partial charge in [0.25, 0.3) is 5.91 Å². The smallest absolute Gasteiger partial charge is 0.316 e. The van der Waals surface area contributed by atoms with E-state index < -0.39 is 11.1 Å². The highest BCUT2D eigenvalue weighted by atomic mass is 16.5. The van der Waals surface area contributed by atoms with Crippen LogP contribution in [0.5, 0.6) is 0 Å². The molecule has 3 rings (SSSR count). The Bertz CT molecular complexity index is 1090. The van der Waals surface area contributed by atoms with Crippen LogP contribution in [0.2, 0.25) is 0 Å². The maximum atomic E-state index is 12.8. The minimum absolute atomic E-state index is 0.206. The molecule has 0 fully saturated rings. The third-order valence-corrected chi connectivity index (χ3v) is 4.46. The Hall–Kier alpha value is -3.16. The molecule has 0 aliphatic carbocycles. The van der Waals surface area contributed by atoms with Crippen molar-refractivity contribution in [1.29, 1.82) is 0 Å². The van der Waals surface area contributed by atoms with Crippen LogP contribution in [0.1, 0.15) is 34.3 Å². The topological polar surface area (TPSA) is 101 Å². The molecule has 8 nitrogen and oxygen atoms in total.